The molecule has 190 valence electrons. The first-order valence-corrected chi connectivity index (χ1v) is 9.81. The van der Waals surface area contributed by atoms with Gasteiger partial charge in [-0.3, -0.25) is 20.2 Å². The molecule has 0 saturated heterocycles. The monoisotopic (exact) mass is 544 g/mol. The van der Waals surface area contributed by atoms with Crippen molar-refractivity contribution < 1.29 is 28.8 Å². The highest BCUT2D eigenvalue weighted by atomic mass is 35.5. The lowest BCUT2D eigenvalue weighted by atomic mass is 10.4. The summed E-state index contributed by atoms with van der Waals surface area (Å²) in [4.78, 5) is 27.1. The summed E-state index contributed by atoms with van der Waals surface area (Å²) in [5.74, 6) is -0.552. The van der Waals surface area contributed by atoms with Crippen molar-refractivity contribution >= 4 is 57.8 Å². The molecular weight excluding hydrogens is 523 g/mol. The van der Waals surface area contributed by atoms with E-state index in [0.717, 1.165) is 0 Å². The van der Waals surface area contributed by atoms with Crippen molar-refractivity contribution in [2.75, 3.05) is 52.1 Å². The topological polar surface area (TPSA) is 201 Å². The fourth-order valence-electron chi connectivity index (χ4n) is 2.00. The molecule has 2 rings (SSSR count). The second-order valence-corrected chi connectivity index (χ2v) is 6.81. The van der Waals surface area contributed by atoms with Gasteiger partial charge in [0, 0.05) is 20.3 Å². The Morgan fingerprint density at radius 3 is 1.82 bits per heavy atom. The molecule has 0 aliphatic heterocycles. The van der Waals surface area contributed by atoms with E-state index in [0.29, 0.717) is 13.2 Å². The maximum absolute atomic E-state index is 10.6. The van der Waals surface area contributed by atoms with Crippen LogP contribution in [0.3, 0.4) is 0 Å². The van der Waals surface area contributed by atoms with Gasteiger partial charge in [-0.1, -0.05) is 42.2 Å². The number of ether oxygens (including phenoxy) is 4. The molecular formula is C17H23Cl3N6O8. The zero-order valence-corrected chi connectivity index (χ0v) is 19.5. The molecule has 17 heteroatoms. The summed E-state index contributed by atoms with van der Waals surface area (Å²) in [6.45, 7) is 1.12. The Morgan fingerprint density at radius 2 is 1.35 bits per heavy atom. The molecule has 0 aliphatic carbocycles. The minimum atomic E-state index is -0.754. The predicted molar refractivity (Wildman–Crippen MR) is 127 cm³/mol. The lowest BCUT2D eigenvalue weighted by Crippen LogP contribution is -2.08. The fraction of sp³-hybridized carbons (Fsp3) is 0.412. The highest BCUT2D eigenvalue weighted by molar-refractivity contribution is 6.44. The van der Waals surface area contributed by atoms with Gasteiger partial charge in [0.1, 0.15) is 28.3 Å². The van der Waals surface area contributed by atoms with E-state index in [1.165, 1.54) is 20.3 Å². The van der Waals surface area contributed by atoms with E-state index in [1.54, 1.807) is 0 Å². The number of nitrogens with two attached hydrogens (primary N) is 2. The molecule has 14 nitrogen and oxygen atoms in total. The molecule has 0 amide bonds. The molecule has 2 aromatic rings. The Hall–Kier alpha value is -2.91. The van der Waals surface area contributed by atoms with Crippen LogP contribution in [0, 0.1) is 20.2 Å². The van der Waals surface area contributed by atoms with Crippen molar-refractivity contribution in [3.63, 3.8) is 0 Å². The number of hydrogen-bond acceptors (Lipinski definition) is 12. The maximum atomic E-state index is 10.6. The van der Waals surface area contributed by atoms with Crippen LogP contribution in [0.1, 0.15) is 7.43 Å². The molecule has 0 aliphatic rings. The number of halogens is 3. The summed E-state index contributed by atoms with van der Waals surface area (Å²) in [6, 6.07) is 1.24. The molecule has 2 aromatic heterocycles. The number of nitrogens with zero attached hydrogens (tertiary/aromatic N) is 4. The zero-order valence-electron chi connectivity index (χ0n) is 17.2. The second-order valence-electron chi connectivity index (χ2n) is 5.65. The third kappa shape index (κ3) is 8.79. The number of pyridine rings is 2. The minimum Gasteiger partial charge on any atom is -0.475 e. The number of nitrogen functional groups attached to an aromatic ring is 2. The van der Waals surface area contributed by atoms with E-state index in [9.17, 15) is 20.2 Å². The van der Waals surface area contributed by atoms with Crippen molar-refractivity contribution in [1.82, 2.24) is 9.97 Å². The number of nitro groups is 2. The van der Waals surface area contributed by atoms with Crippen molar-refractivity contribution in [2.45, 2.75) is 7.43 Å². The first kappa shape index (κ1) is 31.1. The third-order valence-corrected chi connectivity index (χ3v) is 4.53. The van der Waals surface area contributed by atoms with Crippen molar-refractivity contribution in [3.05, 3.63) is 41.4 Å². The summed E-state index contributed by atoms with van der Waals surface area (Å²) in [5, 5.41) is 20.7. The highest BCUT2D eigenvalue weighted by Crippen LogP contribution is 2.40. The second kappa shape index (κ2) is 15.1. The Labute approximate surface area is 209 Å². The molecule has 0 radical (unpaired) electrons. The largest absolute Gasteiger partial charge is 0.475 e. The molecule has 0 fully saturated rings. The summed E-state index contributed by atoms with van der Waals surface area (Å²) >= 11 is 17.1. The number of hydrogen-bond donors (Lipinski definition) is 2. The van der Waals surface area contributed by atoms with Gasteiger partial charge < -0.3 is 30.4 Å². The summed E-state index contributed by atoms with van der Waals surface area (Å²) in [7, 11) is 3.02. The summed E-state index contributed by atoms with van der Waals surface area (Å²) in [6.07, 6.45) is 0. The molecule has 0 bridgehead atoms. The van der Waals surface area contributed by atoms with Gasteiger partial charge in [-0.25, -0.2) is 0 Å². The molecule has 0 saturated carbocycles. The van der Waals surface area contributed by atoms with Crippen LogP contribution in [0.4, 0.5) is 23.0 Å². The molecule has 0 spiro atoms. The van der Waals surface area contributed by atoms with Crippen molar-refractivity contribution in [2.24, 2.45) is 0 Å². The van der Waals surface area contributed by atoms with Gasteiger partial charge in [0.05, 0.1) is 23.1 Å². The van der Waals surface area contributed by atoms with Gasteiger partial charge in [-0.2, -0.15) is 9.97 Å². The van der Waals surface area contributed by atoms with E-state index in [1.807, 2.05) is 0 Å². The molecule has 0 atom stereocenters. The van der Waals surface area contributed by atoms with E-state index >= 15 is 0 Å². The predicted octanol–water partition coefficient (Wildman–Crippen LogP) is 3.79. The number of anilines is 2. The van der Waals surface area contributed by atoms with Crippen LogP contribution in [0.15, 0.2) is 6.07 Å². The van der Waals surface area contributed by atoms with Gasteiger partial charge >= 0.3 is 11.4 Å². The quantitative estimate of drug-likeness (QED) is 0.249. The fourth-order valence-corrected chi connectivity index (χ4v) is 2.69. The molecule has 0 unspecified atom stereocenters. The summed E-state index contributed by atoms with van der Waals surface area (Å²) in [5.41, 5.74) is 9.82. The van der Waals surface area contributed by atoms with Gasteiger partial charge in [-0.05, 0) is 0 Å². The molecule has 34 heavy (non-hydrogen) atoms. The Bertz CT molecular complexity index is 975. The average Bonchev–Trinajstić information content (AvgIpc) is 2.71. The van der Waals surface area contributed by atoms with Crippen LogP contribution in [0.5, 0.6) is 11.8 Å². The lowest BCUT2D eigenvalue weighted by Gasteiger charge is -2.08. The van der Waals surface area contributed by atoms with Gasteiger partial charge in [0.15, 0.2) is 0 Å². The average molecular weight is 546 g/mol. The van der Waals surface area contributed by atoms with Crippen molar-refractivity contribution in [1.29, 1.82) is 0 Å². The Balaban J connectivity index is 0.000000623. The first-order chi connectivity index (χ1) is 15.5. The van der Waals surface area contributed by atoms with Crippen LogP contribution in [-0.2, 0) is 9.47 Å². The Morgan fingerprint density at radius 1 is 0.853 bits per heavy atom. The highest BCUT2D eigenvalue weighted by Gasteiger charge is 2.25. The first-order valence-electron chi connectivity index (χ1n) is 8.67. The SMILES string of the molecule is C.COCCOc1cc(Cl)c([N+](=O)[O-])c(N)n1.COCCOc1nc(N)c([N+](=O)[O-])c(Cl)c1Cl. The van der Waals surface area contributed by atoms with Crippen LogP contribution in [0.25, 0.3) is 0 Å². The van der Waals surface area contributed by atoms with Crippen molar-refractivity contribution in [3.8, 4) is 11.8 Å². The van der Waals surface area contributed by atoms with Crippen LogP contribution >= 0.6 is 34.8 Å². The Kier molecular flexibility index (Phi) is 13.8. The molecule has 0 aromatic carbocycles. The summed E-state index contributed by atoms with van der Waals surface area (Å²) < 4.78 is 19.8. The lowest BCUT2D eigenvalue weighted by molar-refractivity contribution is -0.384. The number of aromatic nitrogens is 2. The van der Waals surface area contributed by atoms with E-state index in [-0.39, 0.29) is 59.1 Å². The van der Waals surface area contributed by atoms with Gasteiger partial charge in [0.25, 0.3) is 0 Å². The third-order valence-electron chi connectivity index (χ3n) is 3.43. The van der Waals surface area contributed by atoms with E-state index < -0.39 is 21.2 Å². The number of methoxy groups -OCH3 is 2. The van der Waals surface area contributed by atoms with Crippen LogP contribution < -0.4 is 20.9 Å². The van der Waals surface area contributed by atoms with Gasteiger partial charge in [0.2, 0.25) is 23.4 Å². The smallest absolute Gasteiger partial charge is 0.331 e. The maximum Gasteiger partial charge on any atom is 0.331 e. The van der Waals surface area contributed by atoms with Crippen LogP contribution in [-0.4, -0.2) is 60.5 Å². The minimum absolute atomic E-state index is 0. The molecule has 4 N–H and O–H groups in total. The number of rotatable bonds is 10. The molecule has 2 heterocycles. The van der Waals surface area contributed by atoms with E-state index in [4.69, 9.17) is 65.2 Å². The normalized spacial score (nSPS) is 9.91. The zero-order chi connectivity index (χ0) is 25.1. The standard InChI is InChI=1S/C8H9Cl2N3O4.C8H10ClN3O4.CH4/c1-16-2-3-17-8-5(10)4(9)6(13(14)15)7(11)12-8;1-15-2-3-16-6-4-5(9)7(12(13)14)8(10)11-6;/h2-3H2,1H3,(H2,11,12);4H,2-3H2,1H3,(H2,10,11);1H4. The van der Waals surface area contributed by atoms with Crippen LogP contribution in [0.2, 0.25) is 15.1 Å². The van der Waals surface area contributed by atoms with Gasteiger partial charge in [-0.15, -0.1) is 0 Å². The van der Waals surface area contributed by atoms with E-state index in [2.05, 4.69) is 9.97 Å².